The van der Waals surface area contributed by atoms with E-state index in [1.165, 1.54) is 0 Å². The molecule has 0 radical (unpaired) electrons. The molecule has 2 aromatic rings. The molecule has 1 aliphatic rings. The van der Waals surface area contributed by atoms with Gasteiger partial charge in [0, 0.05) is 11.1 Å². The van der Waals surface area contributed by atoms with Crippen LogP contribution >= 0.6 is 24.0 Å². The number of hydrogen-bond donors (Lipinski definition) is 3. The third-order valence-electron chi connectivity index (χ3n) is 4.20. The Balaban J connectivity index is 0.00000192. The Labute approximate surface area is 153 Å². The summed E-state index contributed by atoms with van der Waals surface area (Å²) in [6.45, 7) is 0.536. The number of halogens is 1. The number of hydrogen-bond acceptors (Lipinski definition) is 2. The van der Waals surface area contributed by atoms with Gasteiger partial charge in [0.25, 0.3) is 0 Å². The normalized spacial score (nSPS) is 17.0. The number of nitrogens with zero attached hydrogens (tertiary/aromatic N) is 1. The highest BCUT2D eigenvalue weighted by atomic mass is 127. The zero-order valence-corrected chi connectivity index (χ0v) is 15.2. The van der Waals surface area contributed by atoms with Crippen molar-refractivity contribution in [3.05, 3.63) is 66.2 Å². The maximum Gasteiger partial charge on any atom is 0.193 e. The first-order valence-corrected chi connectivity index (χ1v) is 7.55. The Kier molecular flexibility index (Phi) is 6.01. The highest BCUT2D eigenvalue weighted by molar-refractivity contribution is 14.0. The van der Waals surface area contributed by atoms with Crippen LogP contribution in [0.2, 0.25) is 0 Å². The highest BCUT2D eigenvalue weighted by Crippen LogP contribution is 2.55. The smallest absolute Gasteiger partial charge is 0.193 e. The SMILES string of the molecule is I.NC(=NCC1(C(O)c2ccccc2)CC1)Nc1ccccc1. The topological polar surface area (TPSA) is 70.6 Å². The molecule has 0 aliphatic heterocycles. The van der Waals surface area contributed by atoms with E-state index >= 15 is 0 Å². The molecule has 0 bridgehead atoms. The van der Waals surface area contributed by atoms with Gasteiger partial charge in [-0.05, 0) is 30.5 Å². The van der Waals surface area contributed by atoms with Crippen molar-refractivity contribution < 1.29 is 5.11 Å². The largest absolute Gasteiger partial charge is 0.388 e. The Morgan fingerprint density at radius 1 is 1.09 bits per heavy atom. The Bertz CT molecular complexity index is 642. The summed E-state index contributed by atoms with van der Waals surface area (Å²) in [6, 6.07) is 19.5. The van der Waals surface area contributed by atoms with Gasteiger partial charge in [-0.2, -0.15) is 0 Å². The lowest BCUT2D eigenvalue weighted by molar-refractivity contribution is 0.0978. The third-order valence-corrected chi connectivity index (χ3v) is 4.20. The fraction of sp³-hybridized carbons (Fsp3) is 0.278. The average molecular weight is 423 g/mol. The number of para-hydroxylation sites is 1. The molecular formula is C18H22IN3O. The molecular weight excluding hydrogens is 401 g/mol. The number of nitrogens with one attached hydrogen (secondary N) is 1. The molecule has 4 nitrogen and oxygen atoms in total. The third kappa shape index (κ3) is 4.45. The molecule has 3 rings (SSSR count). The summed E-state index contributed by atoms with van der Waals surface area (Å²) in [4.78, 5) is 4.42. The van der Waals surface area contributed by atoms with E-state index in [-0.39, 0.29) is 29.4 Å². The Hall–Kier alpha value is -1.60. The molecule has 0 spiro atoms. The molecule has 5 heteroatoms. The first-order valence-electron chi connectivity index (χ1n) is 7.55. The number of nitrogens with two attached hydrogens (primary N) is 1. The van der Waals surface area contributed by atoms with E-state index in [9.17, 15) is 5.11 Å². The van der Waals surface area contributed by atoms with Crippen molar-refractivity contribution in [3.8, 4) is 0 Å². The fourth-order valence-electron chi connectivity index (χ4n) is 2.62. The van der Waals surface area contributed by atoms with E-state index in [0.717, 1.165) is 24.1 Å². The lowest BCUT2D eigenvalue weighted by Crippen LogP contribution is -2.25. The van der Waals surface area contributed by atoms with Gasteiger partial charge in [-0.3, -0.25) is 4.99 Å². The minimum atomic E-state index is -0.484. The van der Waals surface area contributed by atoms with Gasteiger partial charge in [0.15, 0.2) is 5.96 Å². The molecule has 0 saturated heterocycles. The van der Waals surface area contributed by atoms with Crippen LogP contribution in [0.5, 0.6) is 0 Å². The van der Waals surface area contributed by atoms with Crippen LogP contribution in [0.15, 0.2) is 65.7 Å². The van der Waals surface area contributed by atoms with Gasteiger partial charge in [0.1, 0.15) is 0 Å². The number of aliphatic imine (C=N–C) groups is 1. The van der Waals surface area contributed by atoms with Crippen LogP contribution in [0, 0.1) is 5.41 Å². The van der Waals surface area contributed by atoms with Crippen molar-refractivity contribution in [2.75, 3.05) is 11.9 Å². The van der Waals surface area contributed by atoms with Crippen LogP contribution in [-0.4, -0.2) is 17.6 Å². The van der Waals surface area contributed by atoms with Gasteiger partial charge in [-0.25, -0.2) is 0 Å². The second kappa shape index (κ2) is 7.79. The number of aliphatic hydroxyl groups is 1. The van der Waals surface area contributed by atoms with E-state index in [4.69, 9.17) is 5.73 Å². The highest BCUT2D eigenvalue weighted by Gasteiger charge is 2.49. The quantitative estimate of drug-likeness (QED) is 0.392. The monoisotopic (exact) mass is 423 g/mol. The first-order chi connectivity index (χ1) is 10.7. The van der Waals surface area contributed by atoms with Crippen LogP contribution in [0.3, 0.4) is 0 Å². The maximum absolute atomic E-state index is 10.6. The van der Waals surface area contributed by atoms with E-state index in [1.54, 1.807) is 0 Å². The lowest BCUT2D eigenvalue weighted by atomic mass is 9.93. The minimum Gasteiger partial charge on any atom is -0.388 e. The van der Waals surface area contributed by atoms with Gasteiger partial charge < -0.3 is 16.2 Å². The van der Waals surface area contributed by atoms with Crippen LogP contribution in [0.4, 0.5) is 5.69 Å². The van der Waals surface area contributed by atoms with Gasteiger partial charge in [-0.1, -0.05) is 48.5 Å². The van der Waals surface area contributed by atoms with Crippen molar-refractivity contribution in [1.82, 2.24) is 0 Å². The van der Waals surface area contributed by atoms with E-state index in [1.807, 2.05) is 60.7 Å². The summed E-state index contributed by atoms with van der Waals surface area (Å²) in [7, 11) is 0. The summed E-state index contributed by atoms with van der Waals surface area (Å²) < 4.78 is 0. The van der Waals surface area contributed by atoms with Crippen molar-refractivity contribution >= 4 is 35.6 Å². The van der Waals surface area contributed by atoms with E-state index in [0.29, 0.717) is 12.5 Å². The molecule has 1 fully saturated rings. The first kappa shape index (κ1) is 17.7. The molecule has 1 aliphatic carbocycles. The number of rotatable bonds is 5. The van der Waals surface area contributed by atoms with Crippen LogP contribution in [-0.2, 0) is 0 Å². The summed E-state index contributed by atoms with van der Waals surface area (Å²) in [6.07, 6.45) is 1.47. The van der Waals surface area contributed by atoms with Crippen LogP contribution < -0.4 is 11.1 Å². The summed E-state index contributed by atoms with van der Waals surface area (Å²) in [5, 5.41) is 13.7. The van der Waals surface area contributed by atoms with Crippen LogP contribution in [0.25, 0.3) is 0 Å². The van der Waals surface area contributed by atoms with Crippen molar-refractivity contribution in [1.29, 1.82) is 0 Å². The predicted molar refractivity (Wildman–Crippen MR) is 105 cm³/mol. The van der Waals surface area contributed by atoms with Gasteiger partial charge >= 0.3 is 0 Å². The maximum atomic E-state index is 10.6. The zero-order valence-electron chi connectivity index (χ0n) is 12.9. The van der Waals surface area contributed by atoms with E-state index in [2.05, 4.69) is 10.3 Å². The molecule has 0 aromatic heterocycles. The molecule has 0 amide bonds. The summed E-state index contributed by atoms with van der Waals surface area (Å²) in [5.74, 6) is 0.387. The number of guanidine groups is 1. The second-order valence-electron chi connectivity index (χ2n) is 5.87. The molecule has 0 heterocycles. The number of benzene rings is 2. The molecule has 1 saturated carbocycles. The summed E-state index contributed by atoms with van der Waals surface area (Å²) in [5.41, 5.74) is 7.64. The standard InChI is InChI=1S/C18H21N3O.HI/c19-17(21-15-9-5-2-6-10-15)20-13-18(11-12-18)16(22)14-7-3-1-4-8-14;/h1-10,16,22H,11-13H2,(H3,19,20,21);1H. The Morgan fingerprint density at radius 2 is 1.65 bits per heavy atom. The van der Waals surface area contributed by atoms with Gasteiger partial charge in [0.05, 0.1) is 12.6 Å². The minimum absolute atomic E-state index is 0. The van der Waals surface area contributed by atoms with Crippen molar-refractivity contribution in [3.63, 3.8) is 0 Å². The van der Waals surface area contributed by atoms with E-state index < -0.39 is 6.10 Å². The zero-order chi connectivity index (χ0) is 15.4. The lowest BCUT2D eigenvalue weighted by Gasteiger charge is -2.21. The number of anilines is 1. The molecule has 4 N–H and O–H groups in total. The summed E-state index contributed by atoms with van der Waals surface area (Å²) >= 11 is 0. The number of aliphatic hydroxyl groups excluding tert-OH is 1. The fourth-order valence-corrected chi connectivity index (χ4v) is 2.62. The predicted octanol–water partition coefficient (Wildman–Crippen LogP) is 3.55. The molecule has 122 valence electrons. The van der Waals surface area contributed by atoms with Gasteiger partial charge in [0.2, 0.25) is 0 Å². The van der Waals surface area contributed by atoms with Crippen molar-refractivity contribution in [2.24, 2.45) is 16.1 Å². The Morgan fingerprint density at radius 3 is 2.22 bits per heavy atom. The second-order valence-corrected chi connectivity index (χ2v) is 5.87. The molecule has 1 atom stereocenters. The molecule has 23 heavy (non-hydrogen) atoms. The van der Waals surface area contributed by atoms with Crippen LogP contribution in [0.1, 0.15) is 24.5 Å². The average Bonchev–Trinajstić information content (AvgIpc) is 3.35. The molecule has 1 unspecified atom stereocenters. The molecule has 2 aromatic carbocycles. The van der Waals surface area contributed by atoms with Crippen molar-refractivity contribution in [2.45, 2.75) is 18.9 Å². The van der Waals surface area contributed by atoms with Gasteiger partial charge in [-0.15, -0.1) is 24.0 Å².